The summed E-state index contributed by atoms with van der Waals surface area (Å²) in [5.41, 5.74) is 0.00787. The van der Waals surface area contributed by atoms with Gasteiger partial charge < -0.3 is 10.4 Å². The van der Waals surface area contributed by atoms with Crippen LogP contribution in [0.25, 0.3) is 0 Å². The Morgan fingerprint density at radius 3 is 2.43 bits per heavy atom. The zero-order chi connectivity index (χ0) is 10.0. The van der Waals surface area contributed by atoms with Gasteiger partial charge in [-0.3, -0.25) is 9.69 Å². The lowest BCUT2D eigenvalue weighted by Crippen LogP contribution is -2.60. The van der Waals surface area contributed by atoms with Crippen LogP contribution in [0.2, 0.25) is 0 Å². The van der Waals surface area contributed by atoms with Crippen LogP contribution in [0.4, 0.5) is 0 Å². The Morgan fingerprint density at radius 2 is 2.00 bits per heavy atom. The van der Waals surface area contributed by atoms with Gasteiger partial charge in [0.25, 0.3) is 0 Å². The second-order valence-corrected chi connectivity index (χ2v) is 4.39. The van der Waals surface area contributed by atoms with Gasteiger partial charge in [-0.15, -0.1) is 0 Å². The molecule has 0 amide bonds. The zero-order valence-corrected chi connectivity index (χ0v) is 8.46. The maximum absolute atomic E-state index is 10.8. The Bertz CT molecular complexity index is 220. The number of hydrogen-bond acceptors (Lipinski definition) is 3. The van der Waals surface area contributed by atoms with Gasteiger partial charge in [0, 0.05) is 31.7 Å². The maximum Gasteiger partial charge on any atom is 0.305 e. The molecule has 0 aromatic heterocycles. The van der Waals surface area contributed by atoms with E-state index in [9.17, 15) is 4.79 Å². The predicted octanol–water partition coefficient (Wildman–Crippen LogP) is 0.289. The van der Waals surface area contributed by atoms with Gasteiger partial charge in [-0.1, -0.05) is 0 Å². The highest BCUT2D eigenvalue weighted by atomic mass is 16.4. The van der Waals surface area contributed by atoms with E-state index in [0.717, 1.165) is 39.0 Å². The van der Waals surface area contributed by atoms with E-state index >= 15 is 0 Å². The molecule has 1 heterocycles. The van der Waals surface area contributed by atoms with Crippen LogP contribution >= 0.6 is 0 Å². The van der Waals surface area contributed by atoms with E-state index in [1.54, 1.807) is 0 Å². The number of carboxylic acids is 1. The van der Waals surface area contributed by atoms with Crippen molar-refractivity contribution in [1.82, 2.24) is 10.2 Å². The maximum atomic E-state index is 10.8. The van der Waals surface area contributed by atoms with E-state index < -0.39 is 5.97 Å². The molecule has 2 fully saturated rings. The molecule has 4 nitrogen and oxygen atoms in total. The quantitative estimate of drug-likeness (QED) is 0.684. The SMILES string of the molecule is O=C(O)CC1(N2CCNCC2)CCC1. The molecule has 0 bridgehead atoms. The minimum absolute atomic E-state index is 0.00787. The van der Waals surface area contributed by atoms with Crippen LogP contribution in [-0.4, -0.2) is 47.7 Å². The summed E-state index contributed by atoms with van der Waals surface area (Å²) < 4.78 is 0. The average molecular weight is 198 g/mol. The fourth-order valence-electron chi connectivity index (χ4n) is 2.61. The van der Waals surface area contributed by atoms with Crippen LogP contribution in [-0.2, 0) is 4.79 Å². The molecule has 2 rings (SSSR count). The molecule has 1 aliphatic carbocycles. The number of carboxylic acid groups (broad SMARTS) is 1. The van der Waals surface area contributed by atoms with Crippen molar-refractivity contribution in [2.45, 2.75) is 31.2 Å². The highest BCUT2D eigenvalue weighted by Gasteiger charge is 2.44. The minimum Gasteiger partial charge on any atom is -0.481 e. The summed E-state index contributed by atoms with van der Waals surface area (Å²) in [4.78, 5) is 13.2. The smallest absolute Gasteiger partial charge is 0.305 e. The molecular formula is C10H18N2O2. The van der Waals surface area contributed by atoms with Crippen LogP contribution in [0.1, 0.15) is 25.7 Å². The molecule has 0 aromatic carbocycles. The zero-order valence-electron chi connectivity index (χ0n) is 8.46. The first-order chi connectivity index (χ1) is 6.73. The van der Waals surface area contributed by atoms with E-state index in [1.165, 1.54) is 6.42 Å². The Labute approximate surface area is 84.3 Å². The molecule has 2 N–H and O–H groups in total. The lowest BCUT2D eigenvalue weighted by atomic mass is 9.72. The standard InChI is InChI=1S/C10H18N2O2/c13-9(14)8-10(2-1-3-10)12-6-4-11-5-7-12/h11H,1-8H2,(H,13,14). The van der Waals surface area contributed by atoms with E-state index in [-0.39, 0.29) is 5.54 Å². The average Bonchev–Trinajstić information content (AvgIpc) is 2.12. The molecule has 0 atom stereocenters. The van der Waals surface area contributed by atoms with E-state index in [4.69, 9.17) is 5.11 Å². The van der Waals surface area contributed by atoms with Crippen molar-refractivity contribution in [3.8, 4) is 0 Å². The third-order valence-corrected chi connectivity index (χ3v) is 3.55. The van der Waals surface area contributed by atoms with Crippen molar-refractivity contribution >= 4 is 5.97 Å². The third-order valence-electron chi connectivity index (χ3n) is 3.55. The third kappa shape index (κ3) is 1.77. The summed E-state index contributed by atoms with van der Waals surface area (Å²) in [5.74, 6) is -0.650. The van der Waals surface area contributed by atoms with Crippen LogP contribution < -0.4 is 5.32 Å². The number of piperazine rings is 1. The summed E-state index contributed by atoms with van der Waals surface area (Å²) >= 11 is 0. The summed E-state index contributed by atoms with van der Waals surface area (Å²) in [7, 11) is 0. The van der Waals surface area contributed by atoms with Gasteiger partial charge in [-0.2, -0.15) is 0 Å². The second-order valence-electron chi connectivity index (χ2n) is 4.39. The lowest BCUT2D eigenvalue weighted by molar-refractivity contribution is -0.143. The molecular weight excluding hydrogens is 180 g/mol. The van der Waals surface area contributed by atoms with Crippen molar-refractivity contribution in [2.75, 3.05) is 26.2 Å². The monoisotopic (exact) mass is 198 g/mol. The Morgan fingerprint density at radius 1 is 1.36 bits per heavy atom. The van der Waals surface area contributed by atoms with Crippen molar-refractivity contribution in [2.24, 2.45) is 0 Å². The van der Waals surface area contributed by atoms with Gasteiger partial charge in [0.05, 0.1) is 6.42 Å². The molecule has 0 aromatic rings. The molecule has 0 unspecified atom stereocenters. The second kappa shape index (κ2) is 3.87. The molecule has 1 saturated heterocycles. The summed E-state index contributed by atoms with van der Waals surface area (Å²) in [5, 5.41) is 12.2. The fraction of sp³-hybridized carbons (Fsp3) is 0.900. The summed E-state index contributed by atoms with van der Waals surface area (Å²) in [6, 6.07) is 0. The van der Waals surface area contributed by atoms with Crippen LogP contribution in [0.15, 0.2) is 0 Å². The predicted molar refractivity (Wildman–Crippen MR) is 53.3 cm³/mol. The van der Waals surface area contributed by atoms with Gasteiger partial charge in [0.2, 0.25) is 0 Å². The normalized spacial score (nSPS) is 26.9. The minimum atomic E-state index is -0.650. The summed E-state index contributed by atoms with van der Waals surface area (Å²) in [6.45, 7) is 4.02. The molecule has 1 saturated carbocycles. The number of aliphatic carboxylic acids is 1. The number of rotatable bonds is 3. The first kappa shape index (κ1) is 9.93. The Hall–Kier alpha value is -0.610. The van der Waals surface area contributed by atoms with Gasteiger partial charge in [-0.05, 0) is 19.3 Å². The molecule has 80 valence electrons. The Balaban J connectivity index is 1.99. The number of hydrogen-bond donors (Lipinski definition) is 2. The highest BCUT2D eigenvalue weighted by molar-refractivity contribution is 5.68. The highest BCUT2D eigenvalue weighted by Crippen LogP contribution is 2.40. The lowest BCUT2D eigenvalue weighted by Gasteiger charge is -2.51. The fourth-order valence-corrected chi connectivity index (χ4v) is 2.61. The van der Waals surface area contributed by atoms with Crippen molar-refractivity contribution in [3.63, 3.8) is 0 Å². The number of nitrogens with zero attached hydrogens (tertiary/aromatic N) is 1. The molecule has 1 aliphatic heterocycles. The molecule has 0 radical (unpaired) electrons. The van der Waals surface area contributed by atoms with Gasteiger partial charge in [0.15, 0.2) is 0 Å². The first-order valence-electron chi connectivity index (χ1n) is 5.41. The van der Waals surface area contributed by atoms with Gasteiger partial charge in [-0.25, -0.2) is 0 Å². The van der Waals surface area contributed by atoms with Gasteiger partial charge >= 0.3 is 5.97 Å². The van der Waals surface area contributed by atoms with Crippen molar-refractivity contribution < 1.29 is 9.90 Å². The number of carbonyl (C=O) groups is 1. The molecule has 2 aliphatic rings. The first-order valence-corrected chi connectivity index (χ1v) is 5.41. The number of nitrogens with one attached hydrogen (secondary N) is 1. The molecule has 4 heteroatoms. The van der Waals surface area contributed by atoms with Crippen molar-refractivity contribution in [1.29, 1.82) is 0 Å². The van der Waals surface area contributed by atoms with Crippen LogP contribution in [0, 0.1) is 0 Å². The molecule has 14 heavy (non-hydrogen) atoms. The summed E-state index contributed by atoms with van der Waals surface area (Å²) in [6.07, 6.45) is 3.66. The van der Waals surface area contributed by atoms with Crippen LogP contribution in [0.5, 0.6) is 0 Å². The van der Waals surface area contributed by atoms with E-state index in [2.05, 4.69) is 10.2 Å². The molecule has 0 spiro atoms. The largest absolute Gasteiger partial charge is 0.481 e. The van der Waals surface area contributed by atoms with Crippen LogP contribution in [0.3, 0.4) is 0 Å². The van der Waals surface area contributed by atoms with E-state index in [0.29, 0.717) is 6.42 Å². The topological polar surface area (TPSA) is 52.6 Å². The van der Waals surface area contributed by atoms with Crippen molar-refractivity contribution in [3.05, 3.63) is 0 Å². The van der Waals surface area contributed by atoms with E-state index in [1.807, 2.05) is 0 Å². The van der Waals surface area contributed by atoms with Gasteiger partial charge in [0.1, 0.15) is 0 Å². The Kier molecular flexibility index (Phi) is 2.74.